The first-order valence-corrected chi connectivity index (χ1v) is 9.15. The minimum atomic E-state index is -0.355. The summed E-state index contributed by atoms with van der Waals surface area (Å²) in [5.74, 6) is 0.361. The fraction of sp³-hybridized carbons (Fsp3) is 0.105. The van der Waals surface area contributed by atoms with E-state index in [4.69, 9.17) is 16.3 Å². The number of carbonyl (C=O) groups excluding carboxylic acids is 1. The van der Waals surface area contributed by atoms with E-state index in [0.29, 0.717) is 23.0 Å². The smallest absolute Gasteiger partial charge is 0.337 e. The quantitative estimate of drug-likeness (QED) is 0.670. The zero-order chi connectivity index (χ0) is 18.1. The van der Waals surface area contributed by atoms with Gasteiger partial charge in [0.05, 0.1) is 35.6 Å². The molecular weight excluding hydrogens is 370 g/mol. The van der Waals surface area contributed by atoms with Crippen molar-refractivity contribution in [1.29, 1.82) is 0 Å². The standard InChI is InChI=1S/C19H14ClN3O2S/c1-25-19(24)12-7-5-11(6-8-12)15-10-26-18(22-15)17-21-9-13-3-2-4-14(20)16(13)23-17/h2-8,10H,9H2,1H3,(H,21,23). The first kappa shape index (κ1) is 16.8. The molecule has 0 atom stereocenters. The highest BCUT2D eigenvalue weighted by Crippen LogP contribution is 2.31. The summed E-state index contributed by atoms with van der Waals surface area (Å²) >= 11 is 7.78. The highest BCUT2D eigenvalue weighted by molar-refractivity contribution is 7.12. The van der Waals surface area contributed by atoms with Crippen LogP contribution in [-0.2, 0) is 11.3 Å². The summed E-state index contributed by atoms with van der Waals surface area (Å²) < 4.78 is 4.72. The number of amidine groups is 1. The van der Waals surface area contributed by atoms with Gasteiger partial charge in [-0.15, -0.1) is 11.3 Å². The third-order valence-electron chi connectivity index (χ3n) is 4.06. The van der Waals surface area contributed by atoms with Gasteiger partial charge in [-0.25, -0.2) is 9.78 Å². The SMILES string of the molecule is COC(=O)c1ccc(-c2csc(C3=NCc4cccc(Cl)c4N3)n2)cc1. The van der Waals surface area contributed by atoms with Crippen molar-refractivity contribution in [3.63, 3.8) is 0 Å². The van der Waals surface area contributed by atoms with Crippen LogP contribution in [0.15, 0.2) is 52.8 Å². The van der Waals surface area contributed by atoms with E-state index < -0.39 is 0 Å². The monoisotopic (exact) mass is 383 g/mol. The first-order chi connectivity index (χ1) is 12.7. The Kier molecular flexibility index (Phi) is 4.44. The Morgan fingerprint density at radius 1 is 1.23 bits per heavy atom. The van der Waals surface area contributed by atoms with Crippen LogP contribution in [0.5, 0.6) is 0 Å². The predicted molar refractivity (Wildman–Crippen MR) is 104 cm³/mol. The van der Waals surface area contributed by atoms with Gasteiger partial charge < -0.3 is 10.1 Å². The van der Waals surface area contributed by atoms with Gasteiger partial charge in [-0.2, -0.15) is 0 Å². The lowest BCUT2D eigenvalue weighted by molar-refractivity contribution is 0.0601. The van der Waals surface area contributed by atoms with Crippen molar-refractivity contribution in [1.82, 2.24) is 4.98 Å². The molecule has 0 bridgehead atoms. The number of anilines is 1. The number of aliphatic imine (C=N–C) groups is 1. The summed E-state index contributed by atoms with van der Waals surface area (Å²) in [5, 5.41) is 6.72. The van der Waals surface area contributed by atoms with E-state index in [9.17, 15) is 4.79 Å². The van der Waals surface area contributed by atoms with Crippen molar-refractivity contribution in [3.8, 4) is 11.3 Å². The van der Waals surface area contributed by atoms with Crippen LogP contribution in [0.2, 0.25) is 5.02 Å². The number of benzene rings is 2. The molecule has 5 nitrogen and oxygen atoms in total. The molecule has 1 aliphatic heterocycles. The number of fused-ring (bicyclic) bond motifs is 1. The largest absolute Gasteiger partial charge is 0.465 e. The zero-order valence-electron chi connectivity index (χ0n) is 13.8. The van der Waals surface area contributed by atoms with Crippen LogP contribution in [0.3, 0.4) is 0 Å². The van der Waals surface area contributed by atoms with Crippen molar-refractivity contribution in [2.24, 2.45) is 4.99 Å². The predicted octanol–water partition coefficient (Wildman–Crippen LogP) is 4.62. The van der Waals surface area contributed by atoms with Crippen LogP contribution in [0.25, 0.3) is 11.3 Å². The normalized spacial score (nSPS) is 12.8. The van der Waals surface area contributed by atoms with E-state index in [1.165, 1.54) is 18.4 Å². The second-order valence-corrected chi connectivity index (χ2v) is 6.94. The van der Waals surface area contributed by atoms with Crippen molar-refractivity contribution in [2.75, 3.05) is 12.4 Å². The number of thiazole rings is 1. The van der Waals surface area contributed by atoms with Crippen molar-refractivity contribution in [2.45, 2.75) is 6.54 Å². The molecule has 4 rings (SSSR count). The third kappa shape index (κ3) is 3.09. The van der Waals surface area contributed by atoms with Gasteiger partial charge in [-0.1, -0.05) is 35.9 Å². The van der Waals surface area contributed by atoms with Crippen LogP contribution in [-0.4, -0.2) is 23.9 Å². The summed E-state index contributed by atoms with van der Waals surface area (Å²) in [4.78, 5) is 20.8. The number of nitrogens with one attached hydrogen (secondary N) is 1. The third-order valence-corrected chi connectivity index (χ3v) is 5.22. The van der Waals surface area contributed by atoms with Crippen LogP contribution in [0, 0.1) is 0 Å². The summed E-state index contributed by atoms with van der Waals surface area (Å²) in [6, 6.07) is 12.9. The van der Waals surface area contributed by atoms with Gasteiger partial charge >= 0.3 is 5.97 Å². The second kappa shape index (κ2) is 6.90. The van der Waals surface area contributed by atoms with Gasteiger partial charge in [0.2, 0.25) is 0 Å². The van der Waals surface area contributed by atoms with E-state index in [-0.39, 0.29) is 5.97 Å². The summed E-state index contributed by atoms with van der Waals surface area (Å²) in [5.41, 5.74) is 4.22. The maximum absolute atomic E-state index is 11.5. The number of nitrogens with zero attached hydrogens (tertiary/aromatic N) is 2. The number of carbonyl (C=O) groups is 1. The summed E-state index contributed by atoms with van der Waals surface area (Å²) in [6.07, 6.45) is 0. The summed E-state index contributed by atoms with van der Waals surface area (Å²) in [6.45, 7) is 0.570. The molecule has 3 aromatic rings. The highest BCUT2D eigenvalue weighted by atomic mass is 35.5. The zero-order valence-corrected chi connectivity index (χ0v) is 15.4. The molecule has 2 aromatic carbocycles. The molecule has 7 heteroatoms. The van der Waals surface area contributed by atoms with Crippen LogP contribution >= 0.6 is 22.9 Å². The second-order valence-electron chi connectivity index (χ2n) is 5.67. The first-order valence-electron chi connectivity index (χ1n) is 7.89. The summed E-state index contributed by atoms with van der Waals surface area (Å²) in [7, 11) is 1.37. The molecular formula is C19H14ClN3O2S. The lowest BCUT2D eigenvalue weighted by atomic mass is 10.1. The minimum absolute atomic E-state index is 0.355. The number of hydrogen-bond donors (Lipinski definition) is 1. The van der Waals surface area contributed by atoms with E-state index >= 15 is 0 Å². The van der Waals surface area contributed by atoms with Crippen LogP contribution in [0.1, 0.15) is 20.9 Å². The molecule has 0 fully saturated rings. The number of para-hydroxylation sites is 1. The van der Waals surface area contributed by atoms with E-state index in [1.807, 2.05) is 35.7 Å². The van der Waals surface area contributed by atoms with Crippen molar-refractivity contribution >= 4 is 40.4 Å². The lowest BCUT2D eigenvalue weighted by Gasteiger charge is -2.18. The molecule has 1 aliphatic rings. The molecule has 1 aromatic heterocycles. The maximum Gasteiger partial charge on any atom is 0.337 e. The van der Waals surface area contributed by atoms with E-state index in [2.05, 4.69) is 15.3 Å². The maximum atomic E-state index is 11.5. The Balaban J connectivity index is 1.58. The highest BCUT2D eigenvalue weighted by Gasteiger charge is 2.18. The topological polar surface area (TPSA) is 63.6 Å². The molecule has 0 amide bonds. The van der Waals surface area contributed by atoms with E-state index in [1.54, 1.807) is 12.1 Å². The molecule has 26 heavy (non-hydrogen) atoms. The van der Waals surface area contributed by atoms with Gasteiger partial charge in [-0.3, -0.25) is 4.99 Å². The molecule has 0 saturated carbocycles. The minimum Gasteiger partial charge on any atom is -0.465 e. The van der Waals surface area contributed by atoms with Gasteiger partial charge in [0.25, 0.3) is 0 Å². The Hall–Kier alpha value is -2.70. The number of methoxy groups -OCH3 is 1. The average Bonchev–Trinajstić information content (AvgIpc) is 3.18. The lowest BCUT2D eigenvalue weighted by Crippen LogP contribution is -2.19. The number of aromatic nitrogens is 1. The van der Waals surface area contributed by atoms with Crippen molar-refractivity contribution < 1.29 is 9.53 Å². The Labute approximate surface area is 159 Å². The molecule has 0 radical (unpaired) electrons. The van der Waals surface area contributed by atoms with Crippen LogP contribution < -0.4 is 5.32 Å². The molecule has 1 N–H and O–H groups in total. The number of ether oxygens (including phenoxy) is 1. The fourth-order valence-corrected chi connectivity index (χ4v) is 3.73. The number of rotatable bonds is 3. The number of halogens is 1. The Morgan fingerprint density at radius 3 is 2.81 bits per heavy atom. The molecule has 0 saturated heterocycles. The van der Waals surface area contributed by atoms with Crippen molar-refractivity contribution in [3.05, 3.63) is 69.0 Å². The van der Waals surface area contributed by atoms with Gasteiger partial charge in [0.15, 0.2) is 10.8 Å². The molecule has 130 valence electrons. The average molecular weight is 384 g/mol. The van der Waals surface area contributed by atoms with Gasteiger partial charge in [-0.05, 0) is 23.8 Å². The Bertz CT molecular complexity index is 1010. The number of hydrogen-bond acceptors (Lipinski definition) is 6. The molecule has 0 aliphatic carbocycles. The molecule has 0 spiro atoms. The van der Waals surface area contributed by atoms with Crippen LogP contribution in [0.4, 0.5) is 5.69 Å². The fourth-order valence-electron chi connectivity index (χ4n) is 2.69. The van der Waals surface area contributed by atoms with Gasteiger partial charge in [0, 0.05) is 10.9 Å². The molecule has 0 unspecified atom stereocenters. The van der Waals surface area contributed by atoms with E-state index in [0.717, 1.165) is 27.5 Å². The molecule has 2 heterocycles. The van der Waals surface area contributed by atoms with Gasteiger partial charge in [0.1, 0.15) is 0 Å². The number of esters is 1. The Morgan fingerprint density at radius 2 is 2.04 bits per heavy atom.